The Hall–Kier alpha value is -3.86. The Morgan fingerprint density at radius 3 is 2.33 bits per heavy atom. The highest BCUT2D eigenvalue weighted by Gasteiger charge is 2.47. The number of benzene rings is 3. The number of para-hydroxylation sites is 1. The lowest BCUT2D eigenvalue weighted by Crippen LogP contribution is -2.29. The Balaban J connectivity index is 1.95. The second-order valence-corrected chi connectivity index (χ2v) is 8.53. The predicted octanol–water partition coefficient (Wildman–Crippen LogP) is 5.75. The van der Waals surface area contributed by atoms with Crippen molar-refractivity contribution in [3.63, 3.8) is 0 Å². The summed E-state index contributed by atoms with van der Waals surface area (Å²) < 4.78 is 5.46. The third kappa shape index (κ3) is 4.02. The van der Waals surface area contributed by atoms with Crippen molar-refractivity contribution < 1.29 is 19.4 Å². The molecule has 1 amide bonds. The van der Waals surface area contributed by atoms with Gasteiger partial charge >= 0.3 is 0 Å². The summed E-state index contributed by atoms with van der Waals surface area (Å²) in [5.41, 5.74) is 3.82. The topological polar surface area (TPSA) is 66.8 Å². The molecule has 5 nitrogen and oxygen atoms in total. The molecule has 0 radical (unpaired) electrons. The maximum absolute atomic E-state index is 13.3. The van der Waals surface area contributed by atoms with Crippen molar-refractivity contribution >= 4 is 23.1 Å². The van der Waals surface area contributed by atoms with Gasteiger partial charge in [0.25, 0.3) is 11.7 Å². The number of rotatable bonds is 5. The van der Waals surface area contributed by atoms with Gasteiger partial charge in [-0.15, -0.1) is 0 Å². The fourth-order valence-electron chi connectivity index (χ4n) is 4.33. The molecule has 1 saturated heterocycles. The number of anilines is 1. The van der Waals surface area contributed by atoms with E-state index in [1.807, 2.05) is 69.3 Å². The highest BCUT2D eigenvalue weighted by molar-refractivity contribution is 6.51. The lowest BCUT2D eigenvalue weighted by molar-refractivity contribution is -0.132. The number of amides is 1. The van der Waals surface area contributed by atoms with Gasteiger partial charge < -0.3 is 9.84 Å². The third-order valence-electron chi connectivity index (χ3n) is 5.96. The number of aliphatic hydroxyl groups is 1. The minimum Gasteiger partial charge on any atom is -0.507 e. The largest absolute Gasteiger partial charge is 0.507 e. The van der Waals surface area contributed by atoms with Gasteiger partial charge in [0.2, 0.25) is 0 Å². The fourth-order valence-corrected chi connectivity index (χ4v) is 4.33. The molecular weight excluding hydrogens is 414 g/mol. The molecule has 3 aromatic carbocycles. The summed E-state index contributed by atoms with van der Waals surface area (Å²) in [7, 11) is 1.60. The second kappa shape index (κ2) is 8.94. The van der Waals surface area contributed by atoms with Crippen LogP contribution in [0, 0.1) is 6.92 Å². The van der Waals surface area contributed by atoms with Crippen LogP contribution in [0.1, 0.15) is 48.1 Å². The van der Waals surface area contributed by atoms with E-state index in [-0.39, 0.29) is 17.3 Å². The Kier molecular flexibility index (Phi) is 6.05. The van der Waals surface area contributed by atoms with Gasteiger partial charge in [-0.3, -0.25) is 14.5 Å². The van der Waals surface area contributed by atoms with E-state index in [0.29, 0.717) is 17.0 Å². The lowest BCUT2D eigenvalue weighted by atomic mass is 9.92. The third-order valence-corrected chi connectivity index (χ3v) is 5.96. The number of hydrogen-bond acceptors (Lipinski definition) is 4. The molecule has 0 saturated carbocycles. The normalized spacial score (nSPS) is 17.6. The molecule has 1 fully saturated rings. The highest BCUT2D eigenvalue weighted by atomic mass is 16.5. The molecule has 168 valence electrons. The van der Waals surface area contributed by atoms with Crippen molar-refractivity contribution in [1.82, 2.24) is 0 Å². The number of nitrogens with zero attached hydrogens (tertiary/aromatic N) is 1. The minimum absolute atomic E-state index is 0.0781. The van der Waals surface area contributed by atoms with Crippen molar-refractivity contribution in [3.05, 3.63) is 101 Å². The van der Waals surface area contributed by atoms with Crippen molar-refractivity contribution in [2.45, 2.75) is 32.7 Å². The van der Waals surface area contributed by atoms with Crippen LogP contribution in [-0.2, 0) is 9.59 Å². The van der Waals surface area contributed by atoms with E-state index in [1.165, 1.54) is 4.90 Å². The van der Waals surface area contributed by atoms with E-state index >= 15 is 0 Å². The van der Waals surface area contributed by atoms with Crippen LogP contribution in [0.2, 0.25) is 0 Å². The van der Waals surface area contributed by atoms with Gasteiger partial charge in [-0.1, -0.05) is 61.9 Å². The summed E-state index contributed by atoms with van der Waals surface area (Å²) in [5, 5.41) is 11.4. The quantitative estimate of drug-likeness (QED) is 0.311. The average molecular weight is 442 g/mol. The highest BCUT2D eigenvalue weighted by Crippen LogP contribution is 2.42. The molecule has 0 bridgehead atoms. The summed E-state index contributed by atoms with van der Waals surface area (Å²) in [4.78, 5) is 28.0. The number of methoxy groups -OCH3 is 1. The van der Waals surface area contributed by atoms with Crippen LogP contribution in [0.5, 0.6) is 5.75 Å². The van der Waals surface area contributed by atoms with Gasteiger partial charge in [0.05, 0.1) is 18.7 Å². The molecular formula is C28H27NO4. The van der Waals surface area contributed by atoms with Crippen LogP contribution >= 0.6 is 0 Å². The molecule has 3 aromatic rings. The van der Waals surface area contributed by atoms with E-state index < -0.39 is 17.7 Å². The number of ketones is 1. The first-order valence-corrected chi connectivity index (χ1v) is 10.9. The van der Waals surface area contributed by atoms with Crippen molar-refractivity contribution in [1.29, 1.82) is 0 Å². The van der Waals surface area contributed by atoms with Crippen molar-refractivity contribution in [2.24, 2.45) is 0 Å². The zero-order valence-corrected chi connectivity index (χ0v) is 19.2. The number of Topliss-reactive ketones (excluding diaryl/α,β-unsaturated/α-hetero) is 1. The van der Waals surface area contributed by atoms with Gasteiger partial charge in [0.1, 0.15) is 11.5 Å². The number of hydrogen-bond donors (Lipinski definition) is 1. The standard InChI is InChI=1S/C28H27NO4/c1-17(2)22-16-20(13-14-23(22)33-4)26(30)24-25(19-10-8-9-18(3)15-19)29(28(32)27(24)31)21-11-6-5-7-12-21/h5-17,25,30H,1-4H3/b26-24-. The lowest BCUT2D eigenvalue weighted by Gasteiger charge is -2.25. The summed E-state index contributed by atoms with van der Waals surface area (Å²) in [5.74, 6) is -0.701. The molecule has 1 aliphatic rings. The first kappa shape index (κ1) is 22.3. The second-order valence-electron chi connectivity index (χ2n) is 8.53. The Morgan fingerprint density at radius 1 is 0.970 bits per heavy atom. The molecule has 0 spiro atoms. The zero-order valence-electron chi connectivity index (χ0n) is 19.2. The van der Waals surface area contributed by atoms with E-state index in [9.17, 15) is 14.7 Å². The first-order chi connectivity index (χ1) is 15.8. The summed E-state index contributed by atoms with van der Waals surface area (Å²) in [6.45, 7) is 6.02. The number of ether oxygens (including phenoxy) is 1. The Bertz CT molecular complexity index is 1240. The SMILES string of the molecule is COc1ccc(/C(O)=C2/C(=O)C(=O)N(c3ccccc3)C2c2cccc(C)c2)cc1C(C)C. The summed E-state index contributed by atoms with van der Waals surface area (Å²) in [6.07, 6.45) is 0. The molecule has 1 heterocycles. The maximum Gasteiger partial charge on any atom is 0.300 e. The number of aryl methyl sites for hydroxylation is 1. The number of carbonyl (C=O) groups is 2. The van der Waals surface area contributed by atoms with Gasteiger partial charge in [-0.05, 0) is 54.3 Å². The number of carbonyl (C=O) groups excluding carboxylic acids is 2. The molecule has 5 heteroatoms. The van der Waals surface area contributed by atoms with Crippen molar-refractivity contribution in [2.75, 3.05) is 12.0 Å². The zero-order chi connectivity index (χ0) is 23.7. The smallest absolute Gasteiger partial charge is 0.300 e. The monoisotopic (exact) mass is 441 g/mol. The van der Waals surface area contributed by atoms with Crippen LogP contribution in [0.4, 0.5) is 5.69 Å². The van der Waals surface area contributed by atoms with Crippen LogP contribution in [-0.4, -0.2) is 23.9 Å². The molecule has 0 aliphatic carbocycles. The van der Waals surface area contributed by atoms with E-state index in [1.54, 1.807) is 31.4 Å². The summed E-state index contributed by atoms with van der Waals surface area (Å²) >= 11 is 0. The predicted molar refractivity (Wildman–Crippen MR) is 129 cm³/mol. The first-order valence-electron chi connectivity index (χ1n) is 10.9. The van der Waals surface area contributed by atoms with Gasteiger partial charge in [0, 0.05) is 11.3 Å². The molecule has 0 aromatic heterocycles. The number of aliphatic hydroxyl groups excluding tert-OH is 1. The molecule has 1 aliphatic heterocycles. The maximum atomic E-state index is 13.3. The van der Waals surface area contributed by atoms with E-state index in [0.717, 1.165) is 16.7 Å². The average Bonchev–Trinajstić information content (AvgIpc) is 3.09. The van der Waals surface area contributed by atoms with Crippen LogP contribution in [0.3, 0.4) is 0 Å². The van der Waals surface area contributed by atoms with Crippen LogP contribution < -0.4 is 9.64 Å². The summed E-state index contributed by atoms with van der Waals surface area (Å²) in [6, 6.07) is 21.3. The van der Waals surface area contributed by atoms with Gasteiger partial charge in [0.15, 0.2) is 0 Å². The molecule has 1 unspecified atom stereocenters. The van der Waals surface area contributed by atoms with Crippen LogP contribution in [0.25, 0.3) is 5.76 Å². The Labute approximate surface area is 193 Å². The van der Waals surface area contributed by atoms with Gasteiger partial charge in [-0.25, -0.2) is 0 Å². The van der Waals surface area contributed by atoms with E-state index in [2.05, 4.69) is 0 Å². The van der Waals surface area contributed by atoms with Crippen molar-refractivity contribution in [3.8, 4) is 5.75 Å². The molecule has 33 heavy (non-hydrogen) atoms. The molecule has 4 rings (SSSR count). The van der Waals surface area contributed by atoms with E-state index in [4.69, 9.17) is 4.74 Å². The Morgan fingerprint density at radius 2 is 1.70 bits per heavy atom. The molecule has 1 N–H and O–H groups in total. The fraction of sp³-hybridized carbons (Fsp3) is 0.214. The van der Waals surface area contributed by atoms with Crippen LogP contribution in [0.15, 0.2) is 78.4 Å². The molecule has 1 atom stereocenters. The minimum atomic E-state index is -0.739. The van der Waals surface area contributed by atoms with Gasteiger partial charge in [-0.2, -0.15) is 0 Å².